The van der Waals surface area contributed by atoms with E-state index in [1.165, 1.54) is 43.4 Å². The van der Waals surface area contributed by atoms with Gasteiger partial charge in [-0.25, -0.2) is 9.59 Å². The Kier molecular flexibility index (Phi) is 12.2. The average molecular weight is 414 g/mol. The fourth-order valence-electron chi connectivity index (χ4n) is 3.56. The maximum Gasteiger partial charge on any atom is 0.411 e. The van der Waals surface area contributed by atoms with Gasteiger partial charge in [-0.2, -0.15) is 0 Å². The lowest BCUT2D eigenvalue weighted by Gasteiger charge is -2.28. The van der Waals surface area contributed by atoms with Crippen molar-refractivity contribution in [2.45, 2.75) is 116 Å². The van der Waals surface area contributed by atoms with Crippen molar-refractivity contribution in [3.05, 3.63) is 0 Å². The van der Waals surface area contributed by atoms with Crippen LogP contribution in [-0.4, -0.2) is 47.9 Å². The molecular weight excluding hydrogens is 370 g/mol. The molecule has 1 fully saturated rings. The molecule has 0 saturated carbocycles. The molecule has 0 spiro atoms. The normalized spacial score (nSPS) is 18.0. The highest BCUT2D eigenvalue weighted by atomic mass is 16.6. The van der Waals surface area contributed by atoms with Crippen LogP contribution in [0, 0.1) is 0 Å². The van der Waals surface area contributed by atoms with E-state index in [2.05, 4.69) is 0 Å². The molecule has 7 nitrogen and oxygen atoms in total. The van der Waals surface area contributed by atoms with E-state index in [1.807, 2.05) is 20.8 Å². The van der Waals surface area contributed by atoms with Crippen LogP contribution in [0.25, 0.3) is 0 Å². The van der Waals surface area contributed by atoms with Crippen LogP contribution < -0.4 is 11.5 Å². The van der Waals surface area contributed by atoms with Gasteiger partial charge in [0.05, 0.1) is 0 Å². The summed E-state index contributed by atoms with van der Waals surface area (Å²) >= 11 is 0. The third-order valence-corrected chi connectivity index (χ3v) is 5.11. The second kappa shape index (κ2) is 13.8. The van der Waals surface area contributed by atoms with Crippen molar-refractivity contribution in [2.75, 3.05) is 13.1 Å². The second-order valence-electron chi connectivity index (χ2n) is 9.07. The zero-order chi connectivity index (χ0) is 21.7. The van der Waals surface area contributed by atoms with Gasteiger partial charge in [-0.15, -0.1) is 0 Å². The van der Waals surface area contributed by atoms with Crippen molar-refractivity contribution in [3.8, 4) is 0 Å². The lowest BCUT2D eigenvalue weighted by Crippen LogP contribution is -2.45. The quantitative estimate of drug-likeness (QED) is 0.268. The van der Waals surface area contributed by atoms with Gasteiger partial charge in [-0.05, 0) is 59.4 Å². The van der Waals surface area contributed by atoms with Crippen LogP contribution >= 0.6 is 0 Å². The smallest absolute Gasteiger partial charge is 0.411 e. The molecule has 1 aliphatic heterocycles. The number of unbranched alkanes of at least 4 members (excludes halogenated alkanes) is 8. The predicted molar refractivity (Wildman–Crippen MR) is 115 cm³/mol. The first-order chi connectivity index (χ1) is 13.7. The Morgan fingerprint density at radius 1 is 1.00 bits per heavy atom. The van der Waals surface area contributed by atoms with E-state index in [1.54, 1.807) is 0 Å². The van der Waals surface area contributed by atoms with E-state index in [4.69, 9.17) is 20.9 Å². The van der Waals surface area contributed by atoms with Crippen LogP contribution in [0.1, 0.15) is 97.8 Å². The molecule has 29 heavy (non-hydrogen) atoms. The van der Waals surface area contributed by atoms with Crippen molar-refractivity contribution in [1.82, 2.24) is 4.90 Å². The second-order valence-corrected chi connectivity index (χ2v) is 9.07. The zero-order valence-electron chi connectivity index (χ0n) is 18.8. The molecule has 7 heteroatoms. The van der Waals surface area contributed by atoms with Gasteiger partial charge in [0.2, 0.25) is 0 Å². The summed E-state index contributed by atoms with van der Waals surface area (Å²) in [6.45, 7) is 6.74. The summed E-state index contributed by atoms with van der Waals surface area (Å²) < 4.78 is 10.8. The molecule has 0 radical (unpaired) electrons. The number of ether oxygens (including phenoxy) is 2. The molecule has 0 bridgehead atoms. The van der Waals surface area contributed by atoms with Gasteiger partial charge in [0.15, 0.2) is 6.23 Å². The molecule has 1 amide bonds. The summed E-state index contributed by atoms with van der Waals surface area (Å²) in [5.41, 5.74) is 10.9. The molecule has 0 aromatic heterocycles. The monoisotopic (exact) mass is 413 g/mol. The fraction of sp³-hybridized carbons (Fsp3) is 0.909. The van der Waals surface area contributed by atoms with Crippen LogP contribution in [0.2, 0.25) is 0 Å². The topological polar surface area (TPSA) is 108 Å². The van der Waals surface area contributed by atoms with E-state index in [0.29, 0.717) is 19.4 Å². The van der Waals surface area contributed by atoms with Crippen LogP contribution in [0.15, 0.2) is 0 Å². The largest absolute Gasteiger partial charge is 0.445 e. The van der Waals surface area contributed by atoms with E-state index in [9.17, 15) is 9.59 Å². The van der Waals surface area contributed by atoms with Crippen molar-refractivity contribution in [3.63, 3.8) is 0 Å². The Morgan fingerprint density at radius 3 is 2.10 bits per heavy atom. The lowest BCUT2D eigenvalue weighted by molar-refractivity contribution is -0.154. The third kappa shape index (κ3) is 11.4. The number of nitrogens with two attached hydrogens (primary N) is 2. The maximum absolute atomic E-state index is 12.5. The first-order valence-electron chi connectivity index (χ1n) is 11.4. The van der Waals surface area contributed by atoms with E-state index in [-0.39, 0.29) is 0 Å². The highest BCUT2D eigenvalue weighted by molar-refractivity contribution is 5.82. The molecule has 1 saturated heterocycles. The van der Waals surface area contributed by atoms with Crippen molar-refractivity contribution in [1.29, 1.82) is 0 Å². The standard InChI is InChI=1S/C22H43N3O4/c1-22(2,3)29-21(27)25-17-13-14-18(25)20(26)28-19(24)15-11-9-7-5-4-6-8-10-12-16-23/h18-19H,4-17,23-24H2,1-3H3/t18-,19?/m1/s1. The highest BCUT2D eigenvalue weighted by Crippen LogP contribution is 2.22. The van der Waals surface area contributed by atoms with Crippen LogP contribution in [0.5, 0.6) is 0 Å². The SMILES string of the molecule is CC(C)(C)OC(=O)N1CCC[C@@H]1C(=O)OC(N)CCCCCCCCCCCN. The van der Waals surface area contributed by atoms with E-state index < -0.39 is 29.9 Å². The maximum atomic E-state index is 12.5. The zero-order valence-corrected chi connectivity index (χ0v) is 18.8. The molecule has 0 aliphatic carbocycles. The van der Waals surface area contributed by atoms with E-state index in [0.717, 1.165) is 32.2 Å². The van der Waals surface area contributed by atoms with Crippen LogP contribution in [0.4, 0.5) is 4.79 Å². The van der Waals surface area contributed by atoms with Crippen LogP contribution in [0.3, 0.4) is 0 Å². The Balaban J connectivity index is 2.18. The Labute approximate surface area is 176 Å². The first-order valence-corrected chi connectivity index (χ1v) is 11.4. The number of carbonyl (C=O) groups excluding carboxylic acids is 2. The van der Waals surface area contributed by atoms with Gasteiger partial charge in [0.1, 0.15) is 11.6 Å². The minimum Gasteiger partial charge on any atom is -0.445 e. The average Bonchev–Trinajstić information content (AvgIpc) is 3.12. The Morgan fingerprint density at radius 2 is 1.55 bits per heavy atom. The summed E-state index contributed by atoms with van der Waals surface area (Å²) in [6, 6.07) is -0.588. The Hall–Kier alpha value is -1.34. The molecule has 170 valence electrons. The molecule has 0 aromatic rings. The van der Waals surface area contributed by atoms with Crippen molar-refractivity contribution in [2.24, 2.45) is 11.5 Å². The molecule has 4 N–H and O–H groups in total. The van der Waals surface area contributed by atoms with Gasteiger partial charge >= 0.3 is 12.1 Å². The van der Waals surface area contributed by atoms with Crippen molar-refractivity contribution < 1.29 is 19.1 Å². The molecular formula is C22H43N3O4. The summed E-state index contributed by atoms with van der Waals surface area (Å²) in [7, 11) is 0. The number of likely N-dealkylation sites (tertiary alicyclic amines) is 1. The highest BCUT2D eigenvalue weighted by Gasteiger charge is 2.38. The van der Waals surface area contributed by atoms with Gasteiger partial charge in [0, 0.05) is 6.54 Å². The predicted octanol–water partition coefficient (Wildman–Crippen LogP) is 4.07. The molecule has 1 unspecified atom stereocenters. The summed E-state index contributed by atoms with van der Waals surface area (Å²) in [5, 5.41) is 0. The minimum atomic E-state index is -0.611. The van der Waals surface area contributed by atoms with Gasteiger partial charge in [-0.1, -0.05) is 44.9 Å². The minimum absolute atomic E-state index is 0.418. The molecule has 2 atom stereocenters. The third-order valence-electron chi connectivity index (χ3n) is 5.11. The molecule has 1 aliphatic rings. The number of rotatable bonds is 13. The number of nitrogens with zero attached hydrogens (tertiary/aromatic N) is 1. The number of amides is 1. The van der Waals surface area contributed by atoms with Crippen LogP contribution in [-0.2, 0) is 14.3 Å². The molecule has 1 rings (SSSR count). The first kappa shape index (κ1) is 25.7. The number of hydrogen-bond donors (Lipinski definition) is 2. The van der Waals surface area contributed by atoms with Gasteiger partial charge in [-0.3, -0.25) is 10.6 Å². The summed E-state index contributed by atoms with van der Waals surface area (Å²) in [5.74, 6) is -0.418. The number of carbonyl (C=O) groups is 2. The van der Waals surface area contributed by atoms with Crippen molar-refractivity contribution >= 4 is 12.1 Å². The van der Waals surface area contributed by atoms with Gasteiger partial charge < -0.3 is 15.2 Å². The fourth-order valence-corrected chi connectivity index (χ4v) is 3.56. The lowest BCUT2D eigenvalue weighted by atomic mass is 10.1. The molecule has 1 heterocycles. The Bertz CT molecular complexity index is 479. The van der Waals surface area contributed by atoms with E-state index >= 15 is 0 Å². The summed E-state index contributed by atoms with van der Waals surface area (Å²) in [4.78, 5) is 26.2. The number of esters is 1. The summed E-state index contributed by atoms with van der Waals surface area (Å²) in [6.07, 6.45) is 11.6. The van der Waals surface area contributed by atoms with Gasteiger partial charge in [0.25, 0.3) is 0 Å². The molecule has 0 aromatic carbocycles. The number of hydrogen-bond acceptors (Lipinski definition) is 6.